The number of carbonyl (C=O) groups is 2. The van der Waals surface area contributed by atoms with Crippen molar-refractivity contribution in [3.8, 4) is 0 Å². The van der Waals surface area contributed by atoms with Crippen molar-refractivity contribution in [2.45, 2.75) is 0 Å². The van der Waals surface area contributed by atoms with Crippen molar-refractivity contribution < 1.29 is 9.59 Å². The van der Waals surface area contributed by atoms with Crippen molar-refractivity contribution in [3.05, 3.63) is 79.8 Å². The second-order valence-corrected chi connectivity index (χ2v) is 8.34. The van der Waals surface area contributed by atoms with Crippen molar-refractivity contribution in [2.75, 3.05) is 26.2 Å². The molecule has 0 atom stereocenters. The lowest BCUT2D eigenvalue weighted by Gasteiger charge is -2.33. The van der Waals surface area contributed by atoms with Gasteiger partial charge in [-0.15, -0.1) is 0 Å². The molecule has 8 heteroatoms. The van der Waals surface area contributed by atoms with E-state index in [1.54, 1.807) is 58.4 Å². The van der Waals surface area contributed by atoms with Gasteiger partial charge in [0.05, 0.1) is 0 Å². The Balaban J connectivity index is 1.53. The highest BCUT2D eigenvalue weighted by Crippen LogP contribution is 2.23. The van der Waals surface area contributed by atoms with Crippen LogP contribution >= 0.6 is 46.4 Å². The number of hydrogen-bond acceptors (Lipinski definition) is 2. The lowest BCUT2D eigenvalue weighted by Crippen LogP contribution is -2.49. The van der Waals surface area contributed by atoms with Gasteiger partial charge in [-0.2, -0.15) is 0 Å². The summed E-state index contributed by atoms with van der Waals surface area (Å²) in [6.45, 7) is 1.83. The van der Waals surface area contributed by atoms with Crippen LogP contribution in [0.25, 0.3) is 12.2 Å². The summed E-state index contributed by atoms with van der Waals surface area (Å²) < 4.78 is 0. The number of nitrogens with zero attached hydrogens (tertiary/aromatic N) is 2. The number of carbonyl (C=O) groups excluding carboxylic acids is 2. The van der Waals surface area contributed by atoms with Gasteiger partial charge >= 0.3 is 0 Å². The van der Waals surface area contributed by atoms with Gasteiger partial charge in [-0.25, -0.2) is 0 Å². The molecule has 1 heterocycles. The van der Waals surface area contributed by atoms with E-state index in [9.17, 15) is 9.59 Å². The first-order chi connectivity index (χ1) is 14.3. The monoisotopic (exact) mass is 482 g/mol. The Morgan fingerprint density at radius 2 is 1.03 bits per heavy atom. The second-order valence-electron chi connectivity index (χ2n) is 6.65. The minimum Gasteiger partial charge on any atom is -0.336 e. The highest BCUT2D eigenvalue weighted by Gasteiger charge is 2.21. The van der Waals surface area contributed by atoms with Crippen LogP contribution in [0.15, 0.2) is 48.6 Å². The van der Waals surface area contributed by atoms with Crippen molar-refractivity contribution in [3.63, 3.8) is 0 Å². The minimum atomic E-state index is -0.128. The van der Waals surface area contributed by atoms with Gasteiger partial charge in [0.2, 0.25) is 11.8 Å². The molecule has 1 aliphatic heterocycles. The fourth-order valence-corrected chi connectivity index (χ4v) is 3.90. The third kappa shape index (κ3) is 6.02. The van der Waals surface area contributed by atoms with Crippen LogP contribution in [0.4, 0.5) is 0 Å². The van der Waals surface area contributed by atoms with Gasteiger partial charge in [-0.1, -0.05) is 58.5 Å². The fraction of sp³-hybridized carbons (Fsp3) is 0.182. The van der Waals surface area contributed by atoms with Crippen LogP contribution in [0.5, 0.6) is 0 Å². The van der Waals surface area contributed by atoms with Crippen molar-refractivity contribution >= 4 is 70.4 Å². The number of piperazine rings is 1. The van der Waals surface area contributed by atoms with Crippen molar-refractivity contribution in [1.29, 1.82) is 0 Å². The molecule has 0 aliphatic carbocycles. The molecule has 0 bridgehead atoms. The van der Waals surface area contributed by atoms with Crippen LogP contribution in [0.2, 0.25) is 20.1 Å². The number of hydrogen-bond donors (Lipinski definition) is 0. The molecular formula is C22H18Cl4N2O2. The fourth-order valence-electron chi connectivity index (χ4n) is 2.95. The molecule has 0 spiro atoms. The van der Waals surface area contributed by atoms with E-state index in [2.05, 4.69) is 0 Å². The highest BCUT2D eigenvalue weighted by atomic mass is 35.5. The third-order valence-corrected chi connectivity index (χ3v) is 5.76. The number of amides is 2. The molecule has 30 heavy (non-hydrogen) atoms. The van der Waals surface area contributed by atoms with E-state index in [1.807, 2.05) is 0 Å². The van der Waals surface area contributed by atoms with E-state index in [0.29, 0.717) is 57.4 Å². The van der Waals surface area contributed by atoms with Gasteiger partial charge in [-0.05, 0) is 47.5 Å². The van der Waals surface area contributed by atoms with Crippen LogP contribution in [0, 0.1) is 0 Å². The molecule has 0 unspecified atom stereocenters. The third-order valence-electron chi connectivity index (χ3n) is 4.64. The van der Waals surface area contributed by atoms with E-state index >= 15 is 0 Å². The summed E-state index contributed by atoms with van der Waals surface area (Å²) in [4.78, 5) is 28.3. The Morgan fingerprint density at radius 3 is 1.37 bits per heavy atom. The van der Waals surface area contributed by atoms with Gasteiger partial charge in [-0.3, -0.25) is 9.59 Å². The molecule has 2 aromatic rings. The van der Waals surface area contributed by atoms with Gasteiger partial charge in [0.15, 0.2) is 0 Å². The normalized spacial score (nSPS) is 14.7. The summed E-state index contributed by atoms with van der Waals surface area (Å²) >= 11 is 24.0. The molecule has 1 fully saturated rings. The Bertz CT molecular complexity index is 931. The Labute approximate surface area is 195 Å². The summed E-state index contributed by atoms with van der Waals surface area (Å²) in [6.07, 6.45) is 6.29. The van der Waals surface area contributed by atoms with E-state index in [-0.39, 0.29) is 11.8 Å². The Morgan fingerprint density at radius 1 is 0.667 bits per heavy atom. The molecular weight excluding hydrogens is 466 g/mol. The number of halogens is 4. The van der Waals surface area contributed by atoms with Gasteiger partial charge in [0.1, 0.15) is 0 Å². The van der Waals surface area contributed by atoms with E-state index in [0.717, 1.165) is 0 Å². The van der Waals surface area contributed by atoms with Crippen LogP contribution in [-0.4, -0.2) is 47.8 Å². The number of benzene rings is 2. The molecule has 0 saturated carbocycles. The second kappa shape index (κ2) is 10.4. The molecule has 0 aromatic heterocycles. The van der Waals surface area contributed by atoms with E-state index in [4.69, 9.17) is 46.4 Å². The predicted molar refractivity (Wildman–Crippen MR) is 124 cm³/mol. The first kappa shape index (κ1) is 22.7. The molecule has 0 N–H and O–H groups in total. The molecule has 2 aromatic carbocycles. The Hall–Kier alpha value is -1.98. The molecule has 3 rings (SSSR count). The van der Waals surface area contributed by atoms with Crippen LogP contribution in [0.3, 0.4) is 0 Å². The number of rotatable bonds is 4. The van der Waals surface area contributed by atoms with E-state index in [1.165, 1.54) is 12.2 Å². The zero-order valence-corrected chi connectivity index (χ0v) is 18.8. The zero-order chi connectivity index (χ0) is 21.7. The Kier molecular flexibility index (Phi) is 7.84. The van der Waals surface area contributed by atoms with Crippen LogP contribution < -0.4 is 0 Å². The zero-order valence-electron chi connectivity index (χ0n) is 15.8. The summed E-state index contributed by atoms with van der Waals surface area (Å²) in [5, 5.41) is 2.04. The van der Waals surface area contributed by atoms with Crippen molar-refractivity contribution in [1.82, 2.24) is 9.80 Å². The quantitative estimate of drug-likeness (QED) is 0.523. The average Bonchev–Trinajstić information content (AvgIpc) is 2.72. The maximum Gasteiger partial charge on any atom is 0.246 e. The largest absolute Gasteiger partial charge is 0.336 e. The molecule has 2 amide bonds. The van der Waals surface area contributed by atoms with Crippen molar-refractivity contribution in [2.24, 2.45) is 0 Å². The maximum absolute atomic E-state index is 12.4. The lowest BCUT2D eigenvalue weighted by molar-refractivity contribution is -0.133. The smallest absolute Gasteiger partial charge is 0.246 e. The molecule has 156 valence electrons. The lowest BCUT2D eigenvalue weighted by atomic mass is 10.2. The summed E-state index contributed by atoms with van der Waals surface area (Å²) in [5.74, 6) is -0.256. The summed E-state index contributed by atoms with van der Waals surface area (Å²) in [6, 6.07) is 10.2. The first-order valence-electron chi connectivity index (χ1n) is 9.17. The SMILES string of the molecule is O=C(/C=C/c1ccc(Cl)cc1Cl)N1CCN(C(=O)/C=C/c2ccc(Cl)cc2Cl)CC1. The maximum atomic E-state index is 12.4. The topological polar surface area (TPSA) is 40.6 Å². The molecule has 1 saturated heterocycles. The van der Waals surface area contributed by atoms with Gasteiger partial charge < -0.3 is 9.80 Å². The average molecular weight is 484 g/mol. The van der Waals surface area contributed by atoms with Crippen LogP contribution in [-0.2, 0) is 9.59 Å². The molecule has 4 nitrogen and oxygen atoms in total. The highest BCUT2D eigenvalue weighted by molar-refractivity contribution is 6.36. The summed E-state index contributed by atoms with van der Waals surface area (Å²) in [7, 11) is 0. The van der Waals surface area contributed by atoms with Gasteiger partial charge in [0, 0.05) is 58.4 Å². The van der Waals surface area contributed by atoms with Gasteiger partial charge in [0.25, 0.3) is 0 Å². The molecule has 0 radical (unpaired) electrons. The van der Waals surface area contributed by atoms with E-state index < -0.39 is 0 Å². The first-order valence-corrected chi connectivity index (χ1v) is 10.7. The predicted octanol–water partition coefficient (Wildman–Crippen LogP) is 5.70. The summed E-state index contributed by atoms with van der Waals surface area (Å²) in [5.41, 5.74) is 1.43. The standard InChI is InChI=1S/C22H18Cl4N2O2/c23-17-5-1-15(19(25)13-17)3-7-21(29)27-9-11-28(12-10-27)22(30)8-4-16-2-6-18(24)14-20(16)26/h1-8,13-14H,9-12H2/b7-3+,8-4+. The minimum absolute atomic E-state index is 0.128. The van der Waals surface area contributed by atoms with Crippen LogP contribution in [0.1, 0.15) is 11.1 Å². The molecule has 1 aliphatic rings.